The topological polar surface area (TPSA) is 105 Å². The van der Waals surface area contributed by atoms with E-state index < -0.39 is 34.9 Å². The summed E-state index contributed by atoms with van der Waals surface area (Å²) >= 11 is 0. The highest BCUT2D eigenvalue weighted by Gasteiger charge is 2.47. The van der Waals surface area contributed by atoms with Crippen molar-refractivity contribution in [2.75, 3.05) is 26.4 Å². The number of carbonyl (C=O) groups excluding carboxylic acids is 4. The van der Waals surface area contributed by atoms with E-state index in [1.165, 1.54) is 6.92 Å². The predicted molar refractivity (Wildman–Crippen MR) is 87.3 cm³/mol. The molecular weight excluding hydrogens is 332 g/mol. The van der Waals surface area contributed by atoms with Crippen molar-refractivity contribution in [3.05, 3.63) is 11.6 Å². The third-order valence-electron chi connectivity index (χ3n) is 3.22. The van der Waals surface area contributed by atoms with E-state index in [1.54, 1.807) is 27.7 Å². The Balaban J connectivity index is 6.26. The van der Waals surface area contributed by atoms with E-state index in [-0.39, 0.29) is 32.8 Å². The monoisotopic (exact) mass is 358 g/mol. The van der Waals surface area contributed by atoms with Gasteiger partial charge in [-0.1, -0.05) is 6.92 Å². The summed E-state index contributed by atoms with van der Waals surface area (Å²) in [6.45, 7) is 7.85. The molecule has 0 aliphatic carbocycles. The summed E-state index contributed by atoms with van der Waals surface area (Å²) in [5, 5.41) is 0. The Kier molecular flexibility index (Phi) is 10.2. The summed E-state index contributed by atoms with van der Waals surface area (Å²) < 4.78 is 19.6. The van der Waals surface area contributed by atoms with E-state index in [0.29, 0.717) is 0 Å². The lowest BCUT2D eigenvalue weighted by Gasteiger charge is -2.25. The van der Waals surface area contributed by atoms with E-state index >= 15 is 0 Å². The molecule has 0 rings (SSSR count). The second kappa shape index (κ2) is 11.2. The molecule has 0 saturated heterocycles. The normalized spacial score (nSPS) is 10.4. The fraction of sp³-hybridized carbons (Fsp3) is 0.647. The fourth-order valence-electron chi connectivity index (χ4n) is 1.98. The van der Waals surface area contributed by atoms with Crippen LogP contribution in [-0.2, 0) is 38.1 Å². The first-order valence-electron chi connectivity index (χ1n) is 8.25. The first kappa shape index (κ1) is 22.6. The van der Waals surface area contributed by atoms with Gasteiger partial charge < -0.3 is 18.9 Å². The molecule has 0 amide bonds. The minimum Gasteiger partial charge on any atom is -0.465 e. The Morgan fingerprint density at radius 2 is 1.04 bits per heavy atom. The molecule has 0 atom stereocenters. The van der Waals surface area contributed by atoms with Gasteiger partial charge in [-0.25, -0.2) is 9.59 Å². The SMILES string of the molecule is CCOC(=O)C(=CC(CC)(C(=O)OCC)C(=O)OCC)C(=O)OCC. The average molecular weight is 358 g/mol. The first-order chi connectivity index (χ1) is 11.8. The first-order valence-corrected chi connectivity index (χ1v) is 8.25. The zero-order chi connectivity index (χ0) is 19.5. The van der Waals surface area contributed by atoms with E-state index in [9.17, 15) is 19.2 Å². The number of hydrogen-bond donors (Lipinski definition) is 0. The van der Waals surface area contributed by atoms with Crippen molar-refractivity contribution >= 4 is 23.9 Å². The standard InChI is InChI=1S/C17H26O8/c1-6-17(15(20)24-9-4,16(21)25-10-5)11-12(13(18)22-7-2)14(19)23-8-3/h11H,6-10H2,1-5H3. The van der Waals surface area contributed by atoms with Crippen LogP contribution in [0.1, 0.15) is 41.0 Å². The van der Waals surface area contributed by atoms with Gasteiger partial charge in [0.25, 0.3) is 0 Å². The highest BCUT2D eigenvalue weighted by Crippen LogP contribution is 2.30. The highest BCUT2D eigenvalue weighted by atomic mass is 16.6. The van der Waals surface area contributed by atoms with Crippen LogP contribution in [0.15, 0.2) is 11.6 Å². The van der Waals surface area contributed by atoms with Gasteiger partial charge in [0, 0.05) is 0 Å². The summed E-state index contributed by atoms with van der Waals surface area (Å²) in [7, 11) is 0. The highest BCUT2D eigenvalue weighted by molar-refractivity contribution is 6.16. The van der Waals surface area contributed by atoms with E-state index in [4.69, 9.17) is 18.9 Å². The van der Waals surface area contributed by atoms with Crippen molar-refractivity contribution in [3.63, 3.8) is 0 Å². The van der Waals surface area contributed by atoms with Gasteiger partial charge >= 0.3 is 23.9 Å². The third-order valence-corrected chi connectivity index (χ3v) is 3.22. The zero-order valence-electron chi connectivity index (χ0n) is 15.4. The molecule has 0 fully saturated rings. The van der Waals surface area contributed by atoms with Gasteiger partial charge in [-0.05, 0) is 40.2 Å². The Morgan fingerprint density at radius 3 is 1.32 bits per heavy atom. The lowest BCUT2D eigenvalue weighted by Crippen LogP contribution is -2.41. The van der Waals surface area contributed by atoms with Crippen molar-refractivity contribution in [2.45, 2.75) is 41.0 Å². The molecule has 0 unspecified atom stereocenters. The molecule has 0 aliphatic heterocycles. The average Bonchev–Trinajstić information content (AvgIpc) is 2.56. The predicted octanol–water partition coefficient (Wildman–Crippen LogP) is 1.56. The molecule has 0 aromatic carbocycles. The van der Waals surface area contributed by atoms with Crippen molar-refractivity contribution in [2.24, 2.45) is 5.41 Å². The molecule has 0 saturated carbocycles. The maximum absolute atomic E-state index is 12.4. The summed E-state index contributed by atoms with van der Waals surface area (Å²) in [5.41, 5.74) is -2.49. The fourth-order valence-corrected chi connectivity index (χ4v) is 1.98. The molecule has 0 aliphatic rings. The molecule has 8 heteroatoms. The van der Waals surface area contributed by atoms with Gasteiger partial charge in [-0.3, -0.25) is 9.59 Å². The minimum atomic E-state index is -1.94. The third kappa shape index (κ3) is 5.88. The molecule has 25 heavy (non-hydrogen) atoms. The maximum Gasteiger partial charge on any atom is 0.345 e. The van der Waals surface area contributed by atoms with Gasteiger partial charge in [0.05, 0.1) is 26.4 Å². The molecule has 0 aromatic rings. The largest absolute Gasteiger partial charge is 0.465 e. The number of ether oxygens (including phenoxy) is 4. The number of esters is 4. The van der Waals surface area contributed by atoms with Gasteiger partial charge in [0.1, 0.15) is 5.57 Å². The van der Waals surface area contributed by atoms with Crippen LogP contribution >= 0.6 is 0 Å². The van der Waals surface area contributed by atoms with Crippen LogP contribution < -0.4 is 0 Å². The lowest BCUT2D eigenvalue weighted by atomic mass is 9.83. The Labute approximate surface area is 147 Å². The zero-order valence-corrected chi connectivity index (χ0v) is 15.4. The smallest absolute Gasteiger partial charge is 0.345 e. The second-order valence-corrected chi connectivity index (χ2v) is 4.76. The van der Waals surface area contributed by atoms with E-state index in [2.05, 4.69) is 0 Å². The summed E-state index contributed by atoms with van der Waals surface area (Å²) in [6, 6.07) is 0. The molecule has 0 heterocycles. The van der Waals surface area contributed by atoms with Crippen molar-refractivity contribution in [1.82, 2.24) is 0 Å². The van der Waals surface area contributed by atoms with Crippen LogP contribution in [0.5, 0.6) is 0 Å². The molecule has 142 valence electrons. The van der Waals surface area contributed by atoms with Crippen LogP contribution in [0, 0.1) is 5.41 Å². The van der Waals surface area contributed by atoms with Gasteiger partial charge in [0.15, 0.2) is 5.41 Å². The van der Waals surface area contributed by atoms with E-state index in [1.807, 2.05) is 0 Å². The number of carbonyl (C=O) groups is 4. The second-order valence-electron chi connectivity index (χ2n) is 4.76. The Bertz CT molecular complexity index is 483. The number of rotatable bonds is 10. The van der Waals surface area contributed by atoms with Crippen molar-refractivity contribution in [3.8, 4) is 0 Å². The van der Waals surface area contributed by atoms with Crippen LogP contribution in [-0.4, -0.2) is 50.3 Å². The van der Waals surface area contributed by atoms with Gasteiger partial charge in [0.2, 0.25) is 0 Å². The lowest BCUT2D eigenvalue weighted by molar-refractivity contribution is -0.168. The molecular formula is C17H26O8. The van der Waals surface area contributed by atoms with Gasteiger partial charge in [-0.2, -0.15) is 0 Å². The molecule has 0 spiro atoms. The van der Waals surface area contributed by atoms with Crippen LogP contribution in [0.4, 0.5) is 0 Å². The summed E-state index contributed by atoms with van der Waals surface area (Å²) in [5.74, 6) is -3.82. The van der Waals surface area contributed by atoms with Crippen LogP contribution in [0.25, 0.3) is 0 Å². The Hall–Kier alpha value is -2.38. The maximum atomic E-state index is 12.4. The summed E-state index contributed by atoms with van der Waals surface area (Å²) in [4.78, 5) is 49.1. The molecule has 0 aromatic heterocycles. The minimum absolute atomic E-state index is 0.00746. The van der Waals surface area contributed by atoms with Crippen molar-refractivity contribution < 1.29 is 38.1 Å². The Morgan fingerprint density at radius 1 is 0.680 bits per heavy atom. The van der Waals surface area contributed by atoms with Crippen LogP contribution in [0.3, 0.4) is 0 Å². The van der Waals surface area contributed by atoms with E-state index in [0.717, 1.165) is 6.08 Å². The quantitative estimate of drug-likeness (QED) is 0.190. The molecule has 0 radical (unpaired) electrons. The van der Waals surface area contributed by atoms with Crippen LogP contribution in [0.2, 0.25) is 0 Å². The number of hydrogen-bond acceptors (Lipinski definition) is 8. The molecule has 0 bridgehead atoms. The molecule has 0 N–H and O–H groups in total. The van der Waals surface area contributed by atoms with Gasteiger partial charge in [-0.15, -0.1) is 0 Å². The summed E-state index contributed by atoms with van der Waals surface area (Å²) in [6.07, 6.45) is 0.853. The molecule has 8 nitrogen and oxygen atoms in total. The van der Waals surface area contributed by atoms with Crippen molar-refractivity contribution in [1.29, 1.82) is 0 Å².